The molecule has 0 spiro atoms. The minimum Gasteiger partial charge on any atom is -0.408 e. The summed E-state index contributed by atoms with van der Waals surface area (Å²) in [5.74, 6) is 0. The molecule has 4 aromatic rings. The Bertz CT molecular complexity index is 1020. The van der Waals surface area contributed by atoms with Crippen molar-refractivity contribution < 1.29 is 17.1 Å². The Hall–Kier alpha value is -2.63. The van der Waals surface area contributed by atoms with E-state index in [9.17, 15) is 0 Å². The normalized spacial score (nSPS) is 12.5. The minimum atomic E-state index is -3.07. The third-order valence-corrected chi connectivity index (χ3v) is 17.7. The van der Waals surface area contributed by atoms with E-state index in [1.54, 1.807) is 14.2 Å². The van der Waals surface area contributed by atoms with Crippen LogP contribution in [-0.2, 0) is 17.1 Å². The summed E-state index contributed by atoms with van der Waals surface area (Å²) in [6.45, 7) is 4.18. The molecule has 0 bridgehead atoms. The highest BCUT2D eigenvalue weighted by molar-refractivity contribution is 7.01. The Kier molecular flexibility index (Phi) is 7.98. The van der Waals surface area contributed by atoms with E-state index in [4.69, 9.17) is 17.1 Å². The van der Waals surface area contributed by atoms with Crippen molar-refractivity contribution in [3.05, 3.63) is 121 Å². The minimum absolute atomic E-state index is 1.04. The maximum absolute atomic E-state index is 7.14. The van der Waals surface area contributed by atoms with Crippen LogP contribution >= 0.6 is 0 Å². The summed E-state index contributed by atoms with van der Waals surface area (Å²) in [6.07, 6.45) is 0. The standard InChI is InChI=1S/C28H32O4Si3/c1-29-34(25-17-9-5-10-18-25,26-19-11-6-12-20-26)31-33(3,4)32-35(30-2,27-21-13-7-14-22-27)28-23-15-8-16-24-28/h5-24H,1-4H3. The van der Waals surface area contributed by atoms with Crippen molar-refractivity contribution in [2.24, 2.45) is 0 Å². The van der Waals surface area contributed by atoms with Gasteiger partial charge in [-0.1, -0.05) is 121 Å². The van der Waals surface area contributed by atoms with Crippen molar-refractivity contribution in [3.63, 3.8) is 0 Å². The second-order valence-electron chi connectivity index (χ2n) is 8.71. The lowest BCUT2D eigenvalue weighted by molar-refractivity contribution is 0.263. The largest absolute Gasteiger partial charge is 0.408 e. The highest BCUT2D eigenvalue weighted by Crippen LogP contribution is 2.22. The van der Waals surface area contributed by atoms with Crippen LogP contribution in [0.4, 0.5) is 0 Å². The van der Waals surface area contributed by atoms with Gasteiger partial charge >= 0.3 is 25.7 Å². The van der Waals surface area contributed by atoms with Crippen LogP contribution in [0.15, 0.2) is 121 Å². The first-order chi connectivity index (χ1) is 17.0. The van der Waals surface area contributed by atoms with E-state index >= 15 is 0 Å². The summed E-state index contributed by atoms with van der Waals surface area (Å²) in [4.78, 5) is 0. The molecule has 0 atom stereocenters. The van der Waals surface area contributed by atoms with Crippen LogP contribution in [0.2, 0.25) is 13.1 Å². The molecule has 0 heterocycles. The average Bonchev–Trinajstić information content (AvgIpc) is 2.92. The molecule has 0 saturated heterocycles. The fraction of sp³-hybridized carbons (Fsp3) is 0.143. The molecular formula is C28H32O4Si3. The molecule has 0 fully saturated rings. The lowest BCUT2D eigenvalue weighted by Crippen LogP contribution is -2.72. The summed E-state index contributed by atoms with van der Waals surface area (Å²) >= 11 is 0. The molecule has 0 aliphatic rings. The Balaban J connectivity index is 1.82. The molecule has 35 heavy (non-hydrogen) atoms. The molecule has 4 rings (SSSR count). The fourth-order valence-corrected chi connectivity index (χ4v) is 17.2. The van der Waals surface area contributed by atoms with Crippen LogP contribution in [-0.4, -0.2) is 39.9 Å². The molecule has 0 unspecified atom stereocenters. The van der Waals surface area contributed by atoms with E-state index in [2.05, 4.69) is 61.6 Å². The van der Waals surface area contributed by atoms with Gasteiger partial charge in [0.05, 0.1) is 0 Å². The SMILES string of the molecule is CO[Si](O[Si](C)(C)O[Si](OC)(c1ccccc1)c1ccccc1)(c1ccccc1)c1ccccc1. The molecule has 180 valence electrons. The van der Waals surface area contributed by atoms with Crippen molar-refractivity contribution in [3.8, 4) is 0 Å². The summed E-state index contributed by atoms with van der Waals surface area (Å²) in [6, 6.07) is 40.9. The van der Waals surface area contributed by atoms with Gasteiger partial charge in [0.25, 0.3) is 0 Å². The molecular weight excluding hydrogens is 485 g/mol. The summed E-state index contributed by atoms with van der Waals surface area (Å²) < 4.78 is 27.0. The first-order valence-corrected chi connectivity index (χ1v) is 18.1. The van der Waals surface area contributed by atoms with Gasteiger partial charge in [-0.25, -0.2) is 0 Å². The fourth-order valence-electron chi connectivity index (χ4n) is 4.47. The highest BCUT2D eigenvalue weighted by Gasteiger charge is 2.53. The maximum atomic E-state index is 7.14. The molecule has 4 aromatic carbocycles. The Morgan fingerprint density at radius 3 is 0.829 bits per heavy atom. The van der Waals surface area contributed by atoms with E-state index < -0.39 is 25.7 Å². The van der Waals surface area contributed by atoms with E-state index in [1.807, 2.05) is 72.8 Å². The first-order valence-electron chi connectivity index (χ1n) is 11.7. The summed E-state index contributed by atoms with van der Waals surface area (Å²) in [5, 5.41) is 4.17. The van der Waals surface area contributed by atoms with Gasteiger partial charge in [0.15, 0.2) is 0 Å². The average molecular weight is 517 g/mol. The number of hydrogen-bond donors (Lipinski definition) is 0. The lowest BCUT2D eigenvalue weighted by Gasteiger charge is -2.42. The molecule has 7 heteroatoms. The van der Waals surface area contributed by atoms with Crippen LogP contribution in [0.1, 0.15) is 0 Å². The van der Waals surface area contributed by atoms with Gasteiger partial charge in [0.1, 0.15) is 0 Å². The van der Waals surface area contributed by atoms with E-state index in [-0.39, 0.29) is 0 Å². The zero-order chi connectivity index (χ0) is 24.8. The molecule has 0 amide bonds. The molecule has 0 saturated carbocycles. The van der Waals surface area contributed by atoms with Crippen LogP contribution in [0.5, 0.6) is 0 Å². The van der Waals surface area contributed by atoms with E-state index in [1.165, 1.54) is 0 Å². The predicted octanol–water partition coefficient (Wildman–Crippen LogP) is 3.53. The van der Waals surface area contributed by atoms with Gasteiger partial charge in [-0.3, -0.25) is 0 Å². The molecule has 0 aliphatic heterocycles. The van der Waals surface area contributed by atoms with Crippen LogP contribution < -0.4 is 20.7 Å². The van der Waals surface area contributed by atoms with E-state index in [0.29, 0.717) is 0 Å². The number of rotatable bonds is 10. The zero-order valence-corrected chi connectivity index (χ0v) is 23.7. The molecule has 0 aliphatic carbocycles. The summed E-state index contributed by atoms with van der Waals surface area (Å²) in [7, 11) is -5.53. The molecule has 0 radical (unpaired) electrons. The van der Waals surface area contributed by atoms with Crippen LogP contribution in [0, 0.1) is 0 Å². The smallest absolute Gasteiger partial charge is 0.398 e. The summed E-state index contributed by atoms with van der Waals surface area (Å²) in [5.41, 5.74) is 0. The predicted molar refractivity (Wildman–Crippen MR) is 149 cm³/mol. The topological polar surface area (TPSA) is 36.9 Å². The maximum Gasteiger partial charge on any atom is 0.398 e. The van der Waals surface area contributed by atoms with Crippen molar-refractivity contribution in [2.45, 2.75) is 13.1 Å². The molecule has 0 N–H and O–H groups in total. The first kappa shape index (κ1) is 25.5. The van der Waals surface area contributed by atoms with E-state index in [0.717, 1.165) is 20.7 Å². The Labute approximate surface area is 211 Å². The number of hydrogen-bond acceptors (Lipinski definition) is 4. The lowest BCUT2D eigenvalue weighted by atomic mass is 10.4. The van der Waals surface area contributed by atoms with Crippen molar-refractivity contribution >= 4 is 46.4 Å². The van der Waals surface area contributed by atoms with Gasteiger partial charge in [-0.2, -0.15) is 0 Å². The Morgan fingerprint density at radius 1 is 0.400 bits per heavy atom. The highest BCUT2D eigenvalue weighted by atomic mass is 28.5. The number of benzene rings is 4. The van der Waals surface area contributed by atoms with Crippen molar-refractivity contribution in [2.75, 3.05) is 14.2 Å². The third-order valence-electron chi connectivity index (χ3n) is 5.97. The van der Waals surface area contributed by atoms with Gasteiger partial charge in [0.2, 0.25) is 0 Å². The second kappa shape index (κ2) is 11.0. The quantitative estimate of drug-likeness (QED) is 0.302. The monoisotopic (exact) mass is 516 g/mol. The Morgan fingerprint density at radius 2 is 0.629 bits per heavy atom. The molecule has 0 aromatic heterocycles. The van der Waals surface area contributed by atoms with Crippen molar-refractivity contribution in [1.82, 2.24) is 0 Å². The second-order valence-corrected chi connectivity index (χ2v) is 18.7. The van der Waals surface area contributed by atoms with Crippen molar-refractivity contribution in [1.29, 1.82) is 0 Å². The van der Waals surface area contributed by atoms with Crippen LogP contribution in [0.3, 0.4) is 0 Å². The van der Waals surface area contributed by atoms with Gasteiger partial charge in [-0.05, 0) is 33.8 Å². The third kappa shape index (κ3) is 5.31. The zero-order valence-electron chi connectivity index (χ0n) is 20.7. The van der Waals surface area contributed by atoms with Gasteiger partial charge < -0.3 is 17.1 Å². The van der Waals surface area contributed by atoms with Gasteiger partial charge in [0, 0.05) is 14.2 Å². The molecule has 4 nitrogen and oxygen atoms in total. The van der Waals surface area contributed by atoms with Crippen LogP contribution in [0.25, 0.3) is 0 Å². The van der Waals surface area contributed by atoms with Gasteiger partial charge in [-0.15, -0.1) is 0 Å².